The summed E-state index contributed by atoms with van der Waals surface area (Å²) in [5.74, 6) is -0.119. The van der Waals surface area contributed by atoms with Gasteiger partial charge >= 0.3 is 0 Å². The number of carbonyl (C=O) groups is 1. The molecule has 0 aliphatic heterocycles. The number of likely N-dealkylation sites (N-methyl/N-ethyl adjacent to an activating group) is 1. The van der Waals surface area contributed by atoms with Crippen LogP contribution in [0.3, 0.4) is 0 Å². The van der Waals surface area contributed by atoms with Crippen LogP contribution < -0.4 is 5.32 Å². The predicted molar refractivity (Wildman–Crippen MR) is 76.3 cm³/mol. The number of benzene rings is 1. The quantitative estimate of drug-likeness (QED) is 0.919. The third-order valence-corrected chi connectivity index (χ3v) is 3.39. The van der Waals surface area contributed by atoms with Crippen LogP contribution >= 0.6 is 22.9 Å². The number of nitrogens with zero attached hydrogens (tertiary/aromatic N) is 3. The van der Waals surface area contributed by atoms with Crippen molar-refractivity contribution in [3.05, 3.63) is 40.4 Å². The van der Waals surface area contributed by atoms with E-state index in [0.717, 1.165) is 5.56 Å². The minimum Gasteiger partial charge on any atom is -0.299 e. The molecule has 0 bridgehead atoms. The molecule has 0 aliphatic carbocycles. The summed E-state index contributed by atoms with van der Waals surface area (Å²) in [5, 5.41) is 11.3. The summed E-state index contributed by atoms with van der Waals surface area (Å²) in [6, 6.07) is 7.60. The molecule has 1 N–H and O–H groups in total. The van der Waals surface area contributed by atoms with Gasteiger partial charge in [-0.05, 0) is 18.7 Å². The topological polar surface area (TPSA) is 58.1 Å². The van der Waals surface area contributed by atoms with Crippen molar-refractivity contribution >= 4 is 34.0 Å². The molecule has 0 saturated carbocycles. The van der Waals surface area contributed by atoms with Crippen molar-refractivity contribution in [2.24, 2.45) is 0 Å². The van der Waals surface area contributed by atoms with Gasteiger partial charge in [0.2, 0.25) is 11.0 Å². The van der Waals surface area contributed by atoms with Crippen LogP contribution in [0.2, 0.25) is 5.02 Å². The Kier molecular flexibility index (Phi) is 4.84. The lowest BCUT2D eigenvalue weighted by atomic mass is 10.2. The molecule has 19 heavy (non-hydrogen) atoms. The zero-order chi connectivity index (χ0) is 13.7. The number of hydrogen-bond acceptors (Lipinski definition) is 5. The first-order chi connectivity index (χ1) is 9.15. The molecule has 0 fully saturated rings. The van der Waals surface area contributed by atoms with Crippen LogP contribution in [0.25, 0.3) is 0 Å². The van der Waals surface area contributed by atoms with Crippen molar-refractivity contribution in [3.63, 3.8) is 0 Å². The number of rotatable bonds is 5. The van der Waals surface area contributed by atoms with Crippen molar-refractivity contribution < 1.29 is 4.79 Å². The minimum atomic E-state index is -0.119. The highest BCUT2D eigenvalue weighted by atomic mass is 35.5. The number of hydrogen-bond donors (Lipinski definition) is 1. The fraction of sp³-hybridized carbons (Fsp3) is 0.250. The lowest BCUT2D eigenvalue weighted by molar-refractivity contribution is -0.117. The van der Waals surface area contributed by atoms with Crippen molar-refractivity contribution in [1.82, 2.24) is 15.1 Å². The molecule has 2 rings (SSSR count). The third kappa shape index (κ3) is 4.27. The van der Waals surface area contributed by atoms with Crippen LogP contribution in [0.5, 0.6) is 0 Å². The van der Waals surface area contributed by atoms with Gasteiger partial charge in [-0.25, -0.2) is 0 Å². The third-order valence-electron chi connectivity index (χ3n) is 2.42. The molecule has 1 aromatic carbocycles. The molecular weight excluding hydrogens is 284 g/mol. The normalized spacial score (nSPS) is 10.7. The highest BCUT2D eigenvalue weighted by Crippen LogP contribution is 2.16. The van der Waals surface area contributed by atoms with Crippen LogP contribution in [0.1, 0.15) is 5.56 Å². The Hall–Kier alpha value is -1.50. The maximum atomic E-state index is 11.7. The van der Waals surface area contributed by atoms with Gasteiger partial charge in [0.05, 0.1) is 6.54 Å². The number of halogens is 1. The molecule has 0 unspecified atom stereocenters. The average molecular weight is 297 g/mol. The van der Waals surface area contributed by atoms with E-state index in [4.69, 9.17) is 11.6 Å². The number of nitrogens with one attached hydrogen (secondary N) is 1. The van der Waals surface area contributed by atoms with E-state index < -0.39 is 0 Å². The monoisotopic (exact) mass is 296 g/mol. The van der Waals surface area contributed by atoms with Gasteiger partial charge in [-0.2, -0.15) is 0 Å². The van der Waals surface area contributed by atoms with E-state index in [1.165, 1.54) is 11.3 Å². The van der Waals surface area contributed by atoms with E-state index in [9.17, 15) is 4.79 Å². The highest BCUT2D eigenvalue weighted by molar-refractivity contribution is 7.13. The van der Waals surface area contributed by atoms with E-state index in [2.05, 4.69) is 15.5 Å². The van der Waals surface area contributed by atoms with Crippen molar-refractivity contribution in [1.29, 1.82) is 0 Å². The van der Waals surface area contributed by atoms with Gasteiger partial charge in [-0.1, -0.05) is 41.1 Å². The first-order valence-electron chi connectivity index (χ1n) is 5.63. The van der Waals surface area contributed by atoms with Gasteiger partial charge in [-0.3, -0.25) is 15.0 Å². The molecule has 1 heterocycles. The summed E-state index contributed by atoms with van der Waals surface area (Å²) in [5.41, 5.74) is 2.57. The molecule has 100 valence electrons. The molecule has 5 nitrogen and oxygen atoms in total. The SMILES string of the molecule is CN(CC(=O)Nc1nncs1)Cc1ccccc1Cl. The summed E-state index contributed by atoms with van der Waals surface area (Å²) >= 11 is 7.37. The molecule has 0 radical (unpaired) electrons. The van der Waals surface area contributed by atoms with Crippen LogP contribution in [0.15, 0.2) is 29.8 Å². The Bertz CT molecular complexity index is 546. The molecule has 0 spiro atoms. The lowest BCUT2D eigenvalue weighted by Gasteiger charge is -2.16. The van der Waals surface area contributed by atoms with Crippen molar-refractivity contribution in [2.75, 3.05) is 18.9 Å². The highest BCUT2D eigenvalue weighted by Gasteiger charge is 2.10. The van der Waals surface area contributed by atoms with E-state index in [-0.39, 0.29) is 12.5 Å². The standard InChI is InChI=1S/C12H13ClN4OS/c1-17(6-9-4-2-3-5-10(9)13)7-11(18)15-12-16-14-8-19-12/h2-5,8H,6-7H2,1H3,(H,15,16,18). The fourth-order valence-corrected chi connectivity index (χ4v) is 2.26. The van der Waals surface area contributed by atoms with E-state index in [0.29, 0.717) is 16.7 Å². The van der Waals surface area contributed by atoms with Crippen LogP contribution in [0, 0.1) is 0 Å². The van der Waals surface area contributed by atoms with Gasteiger partial charge in [0.1, 0.15) is 5.51 Å². The van der Waals surface area contributed by atoms with E-state index >= 15 is 0 Å². The Morgan fingerprint density at radius 1 is 1.47 bits per heavy atom. The number of carbonyl (C=O) groups excluding carboxylic acids is 1. The molecule has 1 amide bonds. The second-order valence-corrected chi connectivity index (χ2v) is 5.30. The average Bonchev–Trinajstić information content (AvgIpc) is 2.84. The molecule has 0 saturated heterocycles. The van der Waals surface area contributed by atoms with Crippen LogP contribution in [-0.4, -0.2) is 34.6 Å². The molecule has 1 aromatic heterocycles. The second kappa shape index (κ2) is 6.60. The first-order valence-corrected chi connectivity index (χ1v) is 6.89. The fourth-order valence-electron chi connectivity index (χ4n) is 1.60. The maximum Gasteiger partial charge on any atom is 0.240 e. The number of aromatic nitrogens is 2. The van der Waals surface area contributed by atoms with Crippen molar-refractivity contribution in [2.45, 2.75) is 6.54 Å². The zero-order valence-electron chi connectivity index (χ0n) is 10.3. The van der Waals surface area contributed by atoms with Gasteiger partial charge < -0.3 is 0 Å². The first kappa shape index (κ1) is 13.9. The molecular formula is C12H13ClN4OS. The molecule has 0 atom stereocenters. The van der Waals surface area contributed by atoms with Gasteiger partial charge in [-0.15, -0.1) is 10.2 Å². The summed E-state index contributed by atoms with van der Waals surface area (Å²) in [6.45, 7) is 0.883. The number of anilines is 1. The van der Waals surface area contributed by atoms with Gasteiger partial charge in [0.15, 0.2) is 0 Å². The van der Waals surface area contributed by atoms with E-state index in [1.54, 1.807) is 5.51 Å². The van der Waals surface area contributed by atoms with Gasteiger partial charge in [0.25, 0.3) is 0 Å². The number of amides is 1. The lowest BCUT2D eigenvalue weighted by Crippen LogP contribution is -2.29. The molecule has 0 aliphatic rings. The van der Waals surface area contributed by atoms with E-state index in [1.807, 2.05) is 36.2 Å². The van der Waals surface area contributed by atoms with Gasteiger partial charge in [0, 0.05) is 11.6 Å². The Morgan fingerprint density at radius 2 is 2.26 bits per heavy atom. The minimum absolute atomic E-state index is 0.119. The van der Waals surface area contributed by atoms with Crippen LogP contribution in [0.4, 0.5) is 5.13 Å². The smallest absolute Gasteiger partial charge is 0.240 e. The molecule has 2 aromatic rings. The summed E-state index contributed by atoms with van der Waals surface area (Å²) in [4.78, 5) is 13.6. The molecule has 7 heteroatoms. The van der Waals surface area contributed by atoms with Crippen molar-refractivity contribution in [3.8, 4) is 0 Å². The second-order valence-electron chi connectivity index (χ2n) is 4.06. The Morgan fingerprint density at radius 3 is 2.95 bits per heavy atom. The Balaban J connectivity index is 1.86. The largest absolute Gasteiger partial charge is 0.299 e. The predicted octanol–water partition coefficient (Wildman–Crippen LogP) is 2.26. The maximum absolute atomic E-state index is 11.7. The summed E-state index contributed by atoms with van der Waals surface area (Å²) < 4.78 is 0. The zero-order valence-corrected chi connectivity index (χ0v) is 11.9. The summed E-state index contributed by atoms with van der Waals surface area (Å²) in [6.07, 6.45) is 0. The van der Waals surface area contributed by atoms with Crippen LogP contribution in [-0.2, 0) is 11.3 Å². The summed E-state index contributed by atoms with van der Waals surface area (Å²) in [7, 11) is 1.86. The Labute approximate surface area is 120 Å².